The standard InChI is InChI=1S/C18H22N8/c1-11-12(2)19-9-20-16(11)25-5-13-7-26(8-14(13)6-25)18-15-4-23-24(3)17(15)21-10-22-18/h4,9-10,13-14H,5-8H2,1-3H3. The zero-order chi connectivity index (χ0) is 17.8. The van der Waals surface area contributed by atoms with Crippen molar-refractivity contribution in [1.82, 2.24) is 29.7 Å². The molecule has 2 atom stereocenters. The highest BCUT2D eigenvalue weighted by Crippen LogP contribution is 2.37. The van der Waals surface area contributed by atoms with Gasteiger partial charge in [0.05, 0.1) is 11.6 Å². The van der Waals surface area contributed by atoms with Gasteiger partial charge >= 0.3 is 0 Å². The fourth-order valence-corrected chi connectivity index (χ4v) is 4.39. The number of hydrogen-bond donors (Lipinski definition) is 0. The van der Waals surface area contributed by atoms with Gasteiger partial charge in [0.15, 0.2) is 5.65 Å². The molecule has 2 saturated heterocycles. The van der Waals surface area contributed by atoms with Crippen LogP contribution in [0.1, 0.15) is 11.3 Å². The van der Waals surface area contributed by atoms with E-state index < -0.39 is 0 Å². The van der Waals surface area contributed by atoms with Crippen molar-refractivity contribution < 1.29 is 0 Å². The Morgan fingerprint density at radius 3 is 2.19 bits per heavy atom. The number of aromatic nitrogens is 6. The van der Waals surface area contributed by atoms with Crippen molar-refractivity contribution in [1.29, 1.82) is 0 Å². The predicted molar refractivity (Wildman–Crippen MR) is 99.2 cm³/mol. The summed E-state index contributed by atoms with van der Waals surface area (Å²) in [5, 5.41) is 5.37. The summed E-state index contributed by atoms with van der Waals surface area (Å²) in [6.07, 6.45) is 5.20. The number of aryl methyl sites for hydroxylation is 2. The number of rotatable bonds is 2. The zero-order valence-electron chi connectivity index (χ0n) is 15.3. The van der Waals surface area contributed by atoms with Crippen LogP contribution in [0.15, 0.2) is 18.9 Å². The average molecular weight is 350 g/mol. The van der Waals surface area contributed by atoms with E-state index in [0.717, 1.165) is 54.5 Å². The molecule has 2 aliphatic heterocycles. The molecule has 0 saturated carbocycles. The molecule has 0 radical (unpaired) electrons. The summed E-state index contributed by atoms with van der Waals surface area (Å²) in [5.41, 5.74) is 3.15. The molecule has 2 aliphatic rings. The Bertz CT molecular complexity index is 966. The van der Waals surface area contributed by atoms with E-state index in [0.29, 0.717) is 11.8 Å². The monoisotopic (exact) mass is 350 g/mol. The molecule has 3 aromatic heterocycles. The molecule has 0 aliphatic carbocycles. The van der Waals surface area contributed by atoms with Gasteiger partial charge in [0.25, 0.3) is 0 Å². The van der Waals surface area contributed by atoms with E-state index in [-0.39, 0.29) is 0 Å². The third-order valence-corrected chi connectivity index (χ3v) is 5.90. The number of anilines is 2. The second-order valence-electron chi connectivity index (χ2n) is 7.44. The molecular weight excluding hydrogens is 328 g/mol. The summed E-state index contributed by atoms with van der Waals surface area (Å²) in [6, 6.07) is 0. The van der Waals surface area contributed by atoms with Crippen LogP contribution in [0.5, 0.6) is 0 Å². The number of nitrogens with zero attached hydrogens (tertiary/aromatic N) is 8. The molecule has 0 amide bonds. The summed E-state index contributed by atoms with van der Waals surface area (Å²) in [6.45, 7) is 8.29. The Balaban J connectivity index is 1.38. The van der Waals surface area contributed by atoms with Gasteiger partial charge in [-0.2, -0.15) is 5.10 Å². The fourth-order valence-electron chi connectivity index (χ4n) is 4.39. The van der Waals surface area contributed by atoms with Crippen molar-refractivity contribution in [3.63, 3.8) is 0 Å². The van der Waals surface area contributed by atoms with Gasteiger partial charge in [0.2, 0.25) is 0 Å². The third kappa shape index (κ3) is 2.24. The Hall–Kier alpha value is -2.77. The molecule has 8 heteroatoms. The van der Waals surface area contributed by atoms with E-state index in [9.17, 15) is 0 Å². The van der Waals surface area contributed by atoms with Crippen LogP contribution in [0.2, 0.25) is 0 Å². The normalized spacial score (nSPS) is 22.4. The van der Waals surface area contributed by atoms with Gasteiger partial charge in [-0.3, -0.25) is 4.68 Å². The Labute approximate surface area is 151 Å². The highest BCUT2D eigenvalue weighted by Gasteiger charge is 2.41. The van der Waals surface area contributed by atoms with Crippen LogP contribution >= 0.6 is 0 Å². The molecule has 2 fully saturated rings. The van der Waals surface area contributed by atoms with Crippen LogP contribution in [0.3, 0.4) is 0 Å². The maximum atomic E-state index is 4.56. The van der Waals surface area contributed by atoms with E-state index in [2.05, 4.69) is 41.8 Å². The van der Waals surface area contributed by atoms with Crippen LogP contribution in [-0.4, -0.2) is 55.9 Å². The lowest BCUT2D eigenvalue weighted by atomic mass is 10.0. The first-order chi connectivity index (χ1) is 12.6. The van der Waals surface area contributed by atoms with Crippen molar-refractivity contribution in [2.24, 2.45) is 18.9 Å². The SMILES string of the molecule is Cc1ncnc(N2CC3CN(c4ncnc5c4cnn5C)CC3C2)c1C. The van der Waals surface area contributed by atoms with Gasteiger partial charge in [0, 0.05) is 56.3 Å². The summed E-state index contributed by atoms with van der Waals surface area (Å²) in [7, 11) is 1.92. The molecule has 5 rings (SSSR count). The van der Waals surface area contributed by atoms with Crippen LogP contribution in [0.4, 0.5) is 11.6 Å². The van der Waals surface area contributed by atoms with Gasteiger partial charge < -0.3 is 9.80 Å². The lowest BCUT2D eigenvalue weighted by Crippen LogP contribution is -2.30. The quantitative estimate of drug-likeness (QED) is 0.690. The third-order valence-electron chi connectivity index (χ3n) is 5.90. The van der Waals surface area contributed by atoms with Crippen molar-refractivity contribution in [3.8, 4) is 0 Å². The molecule has 0 spiro atoms. The minimum atomic E-state index is 0.631. The van der Waals surface area contributed by atoms with E-state index >= 15 is 0 Å². The molecule has 5 heterocycles. The largest absolute Gasteiger partial charge is 0.356 e. The zero-order valence-corrected chi connectivity index (χ0v) is 15.3. The molecule has 3 aromatic rings. The van der Waals surface area contributed by atoms with Crippen LogP contribution in [-0.2, 0) is 7.05 Å². The van der Waals surface area contributed by atoms with E-state index in [4.69, 9.17) is 0 Å². The molecule has 0 N–H and O–H groups in total. The summed E-state index contributed by atoms with van der Waals surface area (Å²) >= 11 is 0. The topological polar surface area (TPSA) is 75.9 Å². The molecular formula is C18H22N8. The van der Waals surface area contributed by atoms with Crippen molar-refractivity contribution in [2.45, 2.75) is 13.8 Å². The minimum absolute atomic E-state index is 0.631. The first kappa shape index (κ1) is 15.5. The second-order valence-corrected chi connectivity index (χ2v) is 7.44. The Morgan fingerprint density at radius 2 is 1.46 bits per heavy atom. The maximum absolute atomic E-state index is 4.56. The summed E-state index contributed by atoms with van der Waals surface area (Å²) in [4.78, 5) is 22.6. The lowest BCUT2D eigenvalue weighted by Gasteiger charge is -2.24. The molecule has 0 bridgehead atoms. The second kappa shape index (κ2) is 5.62. The van der Waals surface area contributed by atoms with Gasteiger partial charge in [-0.15, -0.1) is 0 Å². The van der Waals surface area contributed by atoms with Gasteiger partial charge in [-0.25, -0.2) is 19.9 Å². The molecule has 8 nitrogen and oxygen atoms in total. The minimum Gasteiger partial charge on any atom is -0.356 e. The molecule has 134 valence electrons. The highest BCUT2D eigenvalue weighted by molar-refractivity contribution is 5.86. The summed E-state index contributed by atoms with van der Waals surface area (Å²) in [5.74, 6) is 3.37. The van der Waals surface area contributed by atoms with Crippen LogP contribution in [0.25, 0.3) is 11.0 Å². The van der Waals surface area contributed by atoms with E-state index in [1.54, 1.807) is 17.3 Å². The van der Waals surface area contributed by atoms with Gasteiger partial charge in [-0.05, 0) is 13.8 Å². The number of hydrogen-bond acceptors (Lipinski definition) is 7. The van der Waals surface area contributed by atoms with Crippen molar-refractivity contribution in [3.05, 3.63) is 30.1 Å². The van der Waals surface area contributed by atoms with Crippen LogP contribution < -0.4 is 9.80 Å². The van der Waals surface area contributed by atoms with Gasteiger partial charge in [-0.1, -0.05) is 0 Å². The van der Waals surface area contributed by atoms with Crippen molar-refractivity contribution >= 4 is 22.7 Å². The predicted octanol–water partition coefficient (Wildman–Crippen LogP) is 1.34. The average Bonchev–Trinajstić information content (AvgIpc) is 3.30. The first-order valence-corrected chi connectivity index (χ1v) is 9.02. The first-order valence-electron chi connectivity index (χ1n) is 9.02. The highest BCUT2D eigenvalue weighted by atomic mass is 15.3. The number of fused-ring (bicyclic) bond motifs is 2. The van der Waals surface area contributed by atoms with E-state index in [1.165, 1.54) is 5.56 Å². The Morgan fingerprint density at radius 1 is 0.846 bits per heavy atom. The van der Waals surface area contributed by atoms with Crippen LogP contribution in [0, 0.1) is 25.7 Å². The fraction of sp³-hybridized carbons (Fsp3) is 0.500. The molecule has 0 aromatic carbocycles. The Kier molecular flexibility index (Phi) is 3.35. The molecule has 2 unspecified atom stereocenters. The lowest BCUT2D eigenvalue weighted by molar-refractivity contribution is 0.533. The maximum Gasteiger partial charge on any atom is 0.163 e. The van der Waals surface area contributed by atoms with Crippen molar-refractivity contribution in [2.75, 3.05) is 36.0 Å². The molecule has 26 heavy (non-hydrogen) atoms. The van der Waals surface area contributed by atoms with Gasteiger partial charge in [0.1, 0.15) is 24.3 Å². The summed E-state index contributed by atoms with van der Waals surface area (Å²) < 4.78 is 1.80. The smallest absolute Gasteiger partial charge is 0.163 e. The van der Waals surface area contributed by atoms with E-state index in [1.807, 2.05) is 20.2 Å².